The summed E-state index contributed by atoms with van der Waals surface area (Å²) in [5.74, 6) is -0.764. The van der Waals surface area contributed by atoms with E-state index in [9.17, 15) is 19.2 Å². The zero-order valence-electron chi connectivity index (χ0n) is 21.9. The summed E-state index contributed by atoms with van der Waals surface area (Å²) in [6, 6.07) is 11.0. The van der Waals surface area contributed by atoms with Crippen LogP contribution in [0.1, 0.15) is 37.9 Å². The molecule has 0 saturated carbocycles. The average Bonchev–Trinajstić information content (AvgIpc) is 3.39. The second-order valence-electron chi connectivity index (χ2n) is 8.79. The Morgan fingerprint density at radius 1 is 1.05 bits per heavy atom. The van der Waals surface area contributed by atoms with Crippen LogP contribution in [0.5, 0.6) is 11.5 Å². The van der Waals surface area contributed by atoms with Crippen molar-refractivity contribution >= 4 is 40.4 Å². The van der Waals surface area contributed by atoms with Crippen LogP contribution in [-0.4, -0.2) is 43.2 Å². The molecule has 0 saturated heterocycles. The number of aromatic nitrogens is 1. The molecule has 1 atom stereocenters. The quantitative estimate of drug-likeness (QED) is 0.449. The molecule has 11 heteroatoms. The number of carbonyl (C=O) groups excluding carboxylic acids is 3. The van der Waals surface area contributed by atoms with Gasteiger partial charge >= 0.3 is 5.97 Å². The highest BCUT2D eigenvalue weighted by Gasteiger charge is 2.38. The molecule has 0 N–H and O–H groups in total. The molecule has 0 bridgehead atoms. The van der Waals surface area contributed by atoms with Crippen molar-refractivity contribution in [3.63, 3.8) is 0 Å². The van der Waals surface area contributed by atoms with Crippen LogP contribution < -0.4 is 29.3 Å². The number of imide groups is 1. The molecule has 3 heterocycles. The van der Waals surface area contributed by atoms with Crippen LogP contribution in [-0.2, 0) is 19.1 Å². The minimum Gasteiger partial charge on any atom is -0.493 e. The van der Waals surface area contributed by atoms with Crippen molar-refractivity contribution in [3.05, 3.63) is 84.5 Å². The van der Waals surface area contributed by atoms with Crippen LogP contribution in [0.4, 0.5) is 5.69 Å². The van der Waals surface area contributed by atoms with Crippen molar-refractivity contribution in [1.29, 1.82) is 0 Å². The van der Waals surface area contributed by atoms with E-state index in [1.54, 1.807) is 56.3 Å². The zero-order valence-corrected chi connectivity index (χ0v) is 22.8. The molecule has 0 aliphatic carbocycles. The number of fused-ring (bicyclic) bond motifs is 2. The lowest BCUT2D eigenvalue weighted by atomic mass is 9.95. The number of hydrogen-bond donors (Lipinski definition) is 0. The highest BCUT2D eigenvalue weighted by atomic mass is 32.1. The van der Waals surface area contributed by atoms with Gasteiger partial charge in [-0.1, -0.05) is 35.6 Å². The lowest BCUT2D eigenvalue weighted by molar-refractivity contribution is -0.139. The topological polar surface area (TPSA) is 116 Å². The second-order valence-corrected chi connectivity index (χ2v) is 9.77. The Morgan fingerprint density at radius 2 is 1.77 bits per heavy atom. The lowest BCUT2D eigenvalue weighted by Crippen LogP contribution is -2.41. The maximum atomic E-state index is 14.1. The van der Waals surface area contributed by atoms with E-state index in [0.717, 1.165) is 16.2 Å². The van der Waals surface area contributed by atoms with Gasteiger partial charge in [-0.15, -0.1) is 0 Å². The van der Waals surface area contributed by atoms with Crippen LogP contribution >= 0.6 is 11.3 Å². The largest absolute Gasteiger partial charge is 0.493 e. The number of rotatable bonds is 5. The third-order valence-corrected chi connectivity index (χ3v) is 7.64. The molecule has 0 spiro atoms. The van der Waals surface area contributed by atoms with Crippen molar-refractivity contribution < 1.29 is 28.6 Å². The first-order valence-corrected chi connectivity index (χ1v) is 12.9. The van der Waals surface area contributed by atoms with Crippen LogP contribution in [0, 0.1) is 0 Å². The molecule has 2 aliphatic rings. The number of carbonyl (C=O) groups is 3. The molecule has 10 nitrogen and oxygen atoms in total. The second kappa shape index (κ2) is 9.99. The fourth-order valence-electron chi connectivity index (χ4n) is 4.93. The van der Waals surface area contributed by atoms with Gasteiger partial charge in [0, 0.05) is 12.5 Å². The summed E-state index contributed by atoms with van der Waals surface area (Å²) in [4.78, 5) is 59.1. The third-order valence-electron chi connectivity index (χ3n) is 6.59. The van der Waals surface area contributed by atoms with E-state index < -0.39 is 29.4 Å². The molecule has 5 rings (SSSR count). The van der Waals surface area contributed by atoms with Gasteiger partial charge in [-0.25, -0.2) is 14.7 Å². The van der Waals surface area contributed by atoms with E-state index in [-0.39, 0.29) is 22.3 Å². The fraction of sp³-hybridized carbons (Fsp3) is 0.250. The average molecular weight is 548 g/mol. The van der Waals surface area contributed by atoms with Gasteiger partial charge in [0.1, 0.15) is 4.53 Å². The molecule has 200 valence electrons. The monoisotopic (exact) mass is 547 g/mol. The number of allylic oxidation sites excluding steroid dienone is 1. The van der Waals surface area contributed by atoms with Crippen molar-refractivity contribution in [3.8, 4) is 11.5 Å². The third kappa shape index (κ3) is 4.06. The van der Waals surface area contributed by atoms with Gasteiger partial charge in [0.15, 0.2) is 16.3 Å². The summed E-state index contributed by atoms with van der Waals surface area (Å²) < 4.78 is 17.7. The molecule has 2 amide bonds. The Labute approximate surface area is 227 Å². The van der Waals surface area contributed by atoms with Gasteiger partial charge in [-0.05, 0) is 37.6 Å². The zero-order chi connectivity index (χ0) is 28.0. The maximum Gasteiger partial charge on any atom is 0.338 e. The minimum absolute atomic E-state index is 0.120. The number of amides is 2. The summed E-state index contributed by atoms with van der Waals surface area (Å²) in [5, 5.41) is 0. The summed E-state index contributed by atoms with van der Waals surface area (Å²) >= 11 is 1.03. The molecule has 0 fully saturated rings. The maximum absolute atomic E-state index is 14.1. The van der Waals surface area contributed by atoms with Gasteiger partial charge in [0.2, 0.25) is 5.91 Å². The van der Waals surface area contributed by atoms with E-state index in [4.69, 9.17) is 14.2 Å². The van der Waals surface area contributed by atoms with E-state index in [0.29, 0.717) is 38.8 Å². The number of thiazole rings is 1. The molecule has 1 aromatic heterocycles. The molecule has 2 aromatic carbocycles. The standard InChI is InChI=1S/C28H25N3O7S/c1-6-38-27(35)21-14(2)29-28-31(23(21)16-11-12-19(36-4)20(13-16)37-5)26(34)24(39-28)22-17-9-7-8-10-18(17)30(15(3)32)25(22)33/h7-13,23H,6H2,1-5H3. The number of ether oxygens (including phenoxy) is 3. The normalized spacial score (nSPS) is 17.4. The Morgan fingerprint density at radius 3 is 2.44 bits per heavy atom. The molecule has 1 unspecified atom stereocenters. The smallest absolute Gasteiger partial charge is 0.338 e. The van der Waals surface area contributed by atoms with Gasteiger partial charge in [0.25, 0.3) is 11.5 Å². The summed E-state index contributed by atoms with van der Waals surface area (Å²) in [7, 11) is 3.00. The summed E-state index contributed by atoms with van der Waals surface area (Å²) in [6.07, 6.45) is 0. The van der Waals surface area contributed by atoms with Gasteiger partial charge in [-0.2, -0.15) is 0 Å². The van der Waals surface area contributed by atoms with Gasteiger partial charge in [-0.3, -0.25) is 19.0 Å². The van der Waals surface area contributed by atoms with E-state index in [1.165, 1.54) is 25.7 Å². The Bertz CT molecular complexity index is 1770. The first kappa shape index (κ1) is 26.1. The molecule has 39 heavy (non-hydrogen) atoms. The van der Waals surface area contributed by atoms with Crippen molar-refractivity contribution in [2.24, 2.45) is 4.99 Å². The van der Waals surface area contributed by atoms with Crippen LogP contribution in [0.3, 0.4) is 0 Å². The lowest BCUT2D eigenvalue weighted by Gasteiger charge is -2.25. The molecular weight excluding hydrogens is 522 g/mol. The van der Waals surface area contributed by atoms with Gasteiger partial charge in [0.05, 0.1) is 49.4 Å². The molecular formula is C28H25N3O7S. The van der Waals surface area contributed by atoms with E-state index >= 15 is 0 Å². The number of nitrogens with zero attached hydrogens (tertiary/aromatic N) is 3. The van der Waals surface area contributed by atoms with Crippen molar-refractivity contribution in [1.82, 2.24) is 4.57 Å². The molecule has 3 aromatic rings. The number of para-hydroxylation sites is 1. The Balaban J connectivity index is 1.83. The van der Waals surface area contributed by atoms with Crippen molar-refractivity contribution in [2.45, 2.75) is 26.8 Å². The number of methoxy groups -OCH3 is 2. The predicted octanol–water partition coefficient (Wildman–Crippen LogP) is 2.08. The number of benzene rings is 2. The van der Waals surface area contributed by atoms with Crippen LogP contribution in [0.15, 0.2) is 63.5 Å². The van der Waals surface area contributed by atoms with Gasteiger partial charge < -0.3 is 14.2 Å². The fourth-order valence-corrected chi connectivity index (χ4v) is 6.07. The molecule has 2 aliphatic heterocycles. The minimum atomic E-state index is -0.912. The number of anilines is 1. The van der Waals surface area contributed by atoms with E-state index in [1.807, 2.05) is 0 Å². The first-order valence-electron chi connectivity index (χ1n) is 12.1. The predicted molar refractivity (Wildman–Crippen MR) is 143 cm³/mol. The highest BCUT2D eigenvalue weighted by Crippen LogP contribution is 2.37. The molecule has 0 radical (unpaired) electrons. The van der Waals surface area contributed by atoms with Crippen molar-refractivity contribution in [2.75, 3.05) is 25.7 Å². The number of esters is 1. The van der Waals surface area contributed by atoms with E-state index in [2.05, 4.69) is 4.99 Å². The first-order chi connectivity index (χ1) is 18.7. The summed E-state index contributed by atoms with van der Waals surface area (Å²) in [5.41, 5.74) is 1.63. The van der Waals surface area contributed by atoms with Crippen LogP contribution in [0.2, 0.25) is 0 Å². The Kier molecular flexibility index (Phi) is 6.69. The summed E-state index contributed by atoms with van der Waals surface area (Å²) in [6.45, 7) is 4.80. The highest BCUT2D eigenvalue weighted by molar-refractivity contribution is 7.07. The SMILES string of the molecule is CCOC(=O)C1=C(C)N=c2sc(=C3C(=O)N(C(C)=O)c4ccccc43)c(=O)n2C1c1ccc(OC)c(OC)c1. The Hall–Kier alpha value is -4.51. The van der Waals surface area contributed by atoms with Crippen LogP contribution in [0.25, 0.3) is 5.57 Å². The number of hydrogen-bond acceptors (Lipinski definition) is 9.